The molecule has 1 aliphatic heterocycles. The van der Waals surface area contributed by atoms with Gasteiger partial charge in [-0.05, 0) is 19.3 Å². The van der Waals surface area contributed by atoms with Crippen LogP contribution in [0.4, 0.5) is 0 Å². The van der Waals surface area contributed by atoms with Gasteiger partial charge in [-0.3, -0.25) is 14.3 Å². The van der Waals surface area contributed by atoms with Gasteiger partial charge in [-0.1, -0.05) is 6.92 Å². The predicted molar refractivity (Wildman–Crippen MR) is 72.5 cm³/mol. The highest BCUT2D eigenvalue weighted by Gasteiger charge is 2.14. The van der Waals surface area contributed by atoms with E-state index >= 15 is 0 Å². The van der Waals surface area contributed by atoms with E-state index in [-0.39, 0.29) is 11.2 Å². The van der Waals surface area contributed by atoms with E-state index in [1.165, 1.54) is 0 Å². The van der Waals surface area contributed by atoms with Gasteiger partial charge in [0.25, 0.3) is 5.56 Å². The van der Waals surface area contributed by atoms with Crippen molar-refractivity contribution in [3.8, 4) is 0 Å². The molecule has 1 atom stereocenters. The van der Waals surface area contributed by atoms with Crippen molar-refractivity contribution in [1.82, 2.24) is 14.9 Å². The van der Waals surface area contributed by atoms with Crippen LogP contribution in [-0.4, -0.2) is 35.4 Å². The molecule has 1 saturated heterocycles. The Morgan fingerprint density at radius 2 is 2.37 bits per heavy atom. The van der Waals surface area contributed by atoms with Crippen molar-refractivity contribution in [3.05, 3.63) is 32.6 Å². The molecule has 0 aromatic carbocycles. The van der Waals surface area contributed by atoms with Crippen LogP contribution in [0.2, 0.25) is 0 Å². The Balaban J connectivity index is 1.85. The minimum absolute atomic E-state index is 0.281. The van der Waals surface area contributed by atoms with E-state index in [0.29, 0.717) is 31.2 Å². The first-order valence-electron chi connectivity index (χ1n) is 6.85. The summed E-state index contributed by atoms with van der Waals surface area (Å²) in [4.78, 5) is 25.4. The van der Waals surface area contributed by atoms with Crippen molar-refractivity contribution in [2.45, 2.75) is 38.8 Å². The van der Waals surface area contributed by atoms with Crippen LogP contribution < -0.4 is 16.6 Å². The molecule has 1 aliphatic rings. The van der Waals surface area contributed by atoms with Crippen LogP contribution in [0.3, 0.4) is 0 Å². The molecule has 0 radical (unpaired) electrons. The van der Waals surface area contributed by atoms with E-state index in [4.69, 9.17) is 4.74 Å². The first kappa shape index (κ1) is 14.0. The van der Waals surface area contributed by atoms with Crippen LogP contribution in [0.1, 0.15) is 25.3 Å². The van der Waals surface area contributed by atoms with Crippen molar-refractivity contribution >= 4 is 0 Å². The fraction of sp³-hybridized carbons (Fsp3) is 0.692. The van der Waals surface area contributed by atoms with Crippen molar-refractivity contribution in [2.24, 2.45) is 0 Å². The second kappa shape index (κ2) is 6.68. The Morgan fingerprint density at radius 3 is 3.05 bits per heavy atom. The Bertz CT molecular complexity index is 515. The maximum atomic E-state index is 11.6. The van der Waals surface area contributed by atoms with Gasteiger partial charge in [0.05, 0.1) is 6.10 Å². The number of ether oxygens (including phenoxy) is 1. The normalized spacial score (nSPS) is 18.9. The maximum absolute atomic E-state index is 11.6. The number of hydrogen-bond donors (Lipinski definition) is 2. The van der Waals surface area contributed by atoms with Gasteiger partial charge < -0.3 is 10.1 Å². The van der Waals surface area contributed by atoms with Crippen LogP contribution in [0.15, 0.2) is 15.8 Å². The molecule has 0 saturated carbocycles. The second-order valence-electron chi connectivity index (χ2n) is 4.80. The summed E-state index contributed by atoms with van der Waals surface area (Å²) in [6.07, 6.45) is 4.81. The summed E-state index contributed by atoms with van der Waals surface area (Å²) >= 11 is 0. The monoisotopic (exact) mass is 267 g/mol. The number of aryl methyl sites for hydroxylation is 1. The Labute approximate surface area is 111 Å². The zero-order valence-electron chi connectivity index (χ0n) is 11.3. The highest BCUT2D eigenvalue weighted by atomic mass is 16.5. The largest absolute Gasteiger partial charge is 0.377 e. The number of aromatic amines is 1. The molecule has 6 nitrogen and oxygen atoms in total. The Hall–Kier alpha value is -1.40. The lowest BCUT2D eigenvalue weighted by atomic mass is 10.2. The molecule has 19 heavy (non-hydrogen) atoms. The van der Waals surface area contributed by atoms with Gasteiger partial charge in [-0.25, -0.2) is 4.79 Å². The average molecular weight is 267 g/mol. The molecule has 0 amide bonds. The van der Waals surface area contributed by atoms with E-state index in [2.05, 4.69) is 10.3 Å². The summed E-state index contributed by atoms with van der Waals surface area (Å²) in [5.74, 6) is 0. The molecular weight excluding hydrogens is 246 g/mol. The summed E-state index contributed by atoms with van der Waals surface area (Å²) in [5.41, 5.74) is 0.0101. The lowest BCUT2D eigenvalue weighted by Gasteiger charge is -2.11. The standard InChI is InChI=1S/C13H21N3O3/c1-2-10-9-16(13(18)15-12(10)17)6-5-14-8-11-4-3-7-19-11/h9,11,14H,2-8H2,1H3,(H,15,17,18). The predicted octanol–water partition coefficient (Wildman–Crippen LogP) is -0.132. The first-order chi connectivity index (χ1) is 9.20. The summed E-state index contributed by atoms with van der Waals surface area (Å²) in [7, 11) is 0. The number of nitrogens with zero attached hydrogens (tertiary/aromatic N) is 1. The Morgan fingerprint density at radius 1 is 1.53 bits per heavy atom. The lowest BCUT2D eigenvalue weighted by Crippen LogP contribution is -2.35. The molecule has 2 rings (SSSR count). The first-order valence-corrected chi connectivity index (χ1v) is 6.85. The van der Waals surface area contributed by atoms with E-state index < -0.39 is 0 Å². The molecule has 1 unspecified atom stereocenters. The van der Waals surface area contributed by atoms with Crippen molar-refractivity contribution in [3.63, 3.8) is 0 Å². The van der Waals surface area contributed by atoms with E-state index in [1.54, 1.807) is 10.8 Å². The lowest BCUT2D eigenvalue weighted by molar-refractivity contribution is 0.110. The summed E-state index contributed by atoms with van der Waals surface area (Å²) in [5, 5.41) is 3.28. The van der Waals surface area contributed by atoms with Crippen molar-refractivity contribution in [1.29, 1.82) is 0 Å². The fourth-order valence-electron chi connectivity index (χ4n) is 2.24. The molecule has 1 fully saturated rings. The third kappa shape index (κ3) is 3.78. The van der Waals surface area contributed by atoms with Crippen LogP contribution in [0, 0.1) is 0 Å². The summed E-state index contributed by atoms with van der Waals surface area (Å²) in [6.45, 7) is 4.81. The highest BCUT2D eigenvalue weighted by Crippen LogP contribution is 2.10. The molecule has 106 valence electrons. The quantitative estimate of drug-likeness (QED) is 0.704. The Kier molecular flexibility index (Phi) is 4.93. The minimum Gasteiger partial charge on any atom is -0.377 e. The smallest absolute Gasteiger partial charge is 0.328 e. The molecule has 0 bridgehead atoms. The molecule has 6 heteroatoms. The van der Waals surface area contributed by atoms with Gasteiger partial charge in [0.15, 0.2) is 0 Å². The maximum Gasteiger partial charge on any atom is 0.328 e. The third-order valence-electron chi connectivity index (χ3n) is 3.39. The summed E-state index contributed by atoms with van der Waals surface area (Å²) in [6, 6.07) is 0. The average Bonchev–Trinajstić information content (AvgIpc) is 2.90. The van der Waals surface area contributed by atoms with E-state index in [0.717, 1.165) is 26.0 Å². The van der Waals surface area contributed by atoms with Crippen molar-refractivity contribution in [2.75, 3.05) is 19.7 Å². The third-order valence-corrected chi connectivity index (χ3v) is 3.39. The fourth-order valence-corrected chi connectivity index (χ4v) is 2.24. The molecular formula is C13H21N3O3. The number of rotatable bonds is 6. The van der Waals surface area contributed by atoms with Crippen LogP contribution >= 0.6 is 0 Å². The van der Waals surface area contributed by atoms with Gasteiger partial charge >= 0.3 is 5.69 Å². The van der Waals surface area contributed by atoms with Gasteiger partial charge in [0, 0.05) is 38.0 Å². The van der Waals surface area contributed by atoms with Crippen LogP contribution in [0.25, 0.3) is 0 Å². The van der Waals surface area contributed by atoms with E-state index in [9.17, 15) is 9.59 Å². The number of nitrogens with one attached hydrogen (secondary N) is 2. The highest BCUT2D eigenvalue weighted by molar-refractivity contribution is 5.03. The van der Waals surface area contributed by atoms with Crippen LogP contribution in [0.5, 0.6) is 0 Å². The SMILES string of the molecule is CCc1cn(CCNCC2CCCO2)c(=O)[nH]c1=O. The van der Waals surface area contributed by atoms with Gasteiger partial charge in [0.1, 0.15) is 0 Å². The number of aromatic nitrogens is 2. The molecule has 1 aromatic heterocycles. The zero-order valence-corrected chi connectivity index (χ0v) is 11.3. The van der Waals surface area contributed by atoms with Gasteiger partial charge in [-0.15, -0.1) is 0 Å². The number of H-pyrrole nitrogens is 1. The zero-order chi connectivity index (χ0) is 13.7. The van der Waals surface area contributed by atoms with E-state index in [1.807, 2.05) is 6.92 Å². The van der Waals surface area contributed by atoms with Gasteiger partial charge in [-0.2, -0.15) is 0 Å². The molecule has 2 N–H and O–H groups in total. The topological polar surface area (TPSA) is 76.1 Å². The van der Waals surface area contributed by atoms with Crippen molar-refractivity contribution < 1.29 is 4.74 Å². The molecule has 0 spiro atoms. The molecule has 2 heterocycles. The minimum atomic E-state index is -0.346. The summed E-state index contributed by atoms with van der Waals surface area (Å²) < 4.78 is 7.05. The van der Waals surface area contributed by atoms with Gasteiger partial charge in [0.2, 0.25) is 0 Å². The molecule has 0 aliphatic carbocycles. The second-order valence-corrected chi connectivity index (χ2v) is 4.80. The number of hydrogen-bond acceptors (Lipinski definition) is 4. The van der Waals surface area contributed by atoms with Crippen LogP contribution in [-0.2, 0) is 17.7 Å². The molecule has 1 aromatic rings.